The lowest BCUT2D eigenvalue weighted by Gasteiger charge is -2.16. The number of aliphatic imine (C=N–C) groups is 1. The maximum Gasteiger partial charge on any atom is 0.252 e. The maximum atomic E-state index is 12.0. The summed E-state index contributed by atoms with van der Waals surface area (Å²) in [5.41, 5.74) is 0.486. The van der Waals surface area contributed by atoms with E-state index in [1.807, 2.05) is 6.92 Å². The molecule has 2 rings (SSSR count). The maximum absolute atomic E-state index is 12.0. The fourth-order valence-corrected chi connectivity index (χ4v) is 2.55. The number of amides is 1. The van der Waals surface area contributed by atoms with E-state index in [4.69, 9.17) is 11.6 Å². The van der Waals surface area contributed by atoms with Crippen LogP contribution in [0, 0.1) is 0 Å². The molecule has 5 nitrogen and oxygen atoms in total. The molecule has 1 aromatic carbocycles. The molecule has 0 saturated heterocycles. The number of benzene rings is 1. The van der Waals surface area contributed by atoms with Crippen LogP contribution in [0.3, 0.4) is 0 Å². The Morgan fingerprint density at radius 2 is 2.00 bits per heavy atom. The molecule has 1 aliphatic carbocycles. The summed E-state index contributed by atoms with van der Waals surface area (Å²) in [5.74, 6) is 0.608. The molecule has 0 bridgehead atoms. The lowest BCUT2D eigenvalue weighted by atomic mass is 10.2. The molecule has 1 amide bonds. The van der Waals surface area contributed by atoms with Crippen LogP contribution < -0.4 is 16.0 Å². The quantitative estimate of drug-likeness (QED) is 0.324. The minimum atomic E-state index is -0.177. The SMILES string of the molecule is CCNC(=NCCNC(=O)c1ccccc1Cl)NC1CC=CC1. The van der Waals surface area contributed by atoms with E-state index < -0.39 is 0 Å². The molecular weight excluding hydrogens is 312 g/mol. The lowest BCUT2D eigenvalue weighted by Crippen LogP contribution is -2.43. The number of guanidine groups is 1. The van der Waals surface area contributed by atoms with Gasteiger partial charge in [-0.15, -0.1) is 0 Å². The fraction of sp³-hybridized carbons (Fsp3) is 0.412. The zero-order valence-electron chi connectivity index (χ0n) is 13.3. The molecule has 0 unspecified atom stereocenters. The standard InChI is InChI=1S/C17H23ClN4O/c1-2-19-17(22-13-7-3-4-8-13)21-12-11-20-16(23)14-9-5-6-10-15(14)18/h3-6,9-10,13H,2,7-8,11-12H2,1H3,(H,20,23)(H2,19,21,22). The number of halogens is 1. The van der Waals surface area contributed by atoms with Crippen LogP contribution >= 0.6 is 11.6 Å². The van der Waals surface area contributed by atoms with Gasteiger partial charge < -0.3 is 16.0 Å². The van der Waals surface area contributed by atoms with Gasteiger partial charge in [0.25, 0.3) is 5.91 Å². The summed E-state index contributed by atoms with van der Waals surface area (Å²) in [6.45, 7) is 3.80. The highest BCUT2D eigenvalue weighted by Crippen LogP contribution is 2.14. The molecule has 124 valence electrons. The molecule has 0 aliphatic heterocycles. The molecule has 23 heavy (non-hydrogen) atoms. The van der Waals surface area contributed by atoms with Crippen molar-refractivity contribution in [1.29, 1.82) is 0 Å². The first kappa shape index (κ1) is 17.3. The van der Waals surface area contributed by atoms with Crippen molar-refractivity contribution in [3.8, 4) is 0 Å². The Hall–Kier alpha value is -2.01. The van der Waals surface area contributed by atoms with Gasteiger partial charge in [-0.1, -0.05) is 35.9 Å². The second-order valence-corrected chi connectivity index (χ2v) is 5.69. The van der Waals surface area contributed by atoms with Crippen LogP contribution in [-0.4, -0.2) is 37.5 Å². The zero-order chi connectivity index (χ0) is 16.5. The van der Waals surface area contributed by atoms with E-state index in [0.29, 0.717) is 29.7 Å². The first-order valence-corrected chi connectivity index (χ1v) is 8.31. The number of carbonyl (C=O) groups is 1. The first-order chi connectivity index (χ1) is 11.2. The number of carbonyl (C=O) groups excluding carboxylic acids is 1. The van der Waals surface area contributed by atoms with Gasteiger partial charge in [0.2, 0.25) is 0 Å². The van der Waals surface area contributed by atoms with Crippen molar-refractivity contribution in [2.75, 3.05) is 19.6 Å². The van der Waals surface area contributed by atoms with Gasteiger partial charge in [-0.2, -0.15) is 0 Å². The summed E-state index contributed by atoms with van der Waals surface area (Å²) < 4.78 is 0. The predicted molar refractivity (Wildman–Crippen MR) is 95.1 cm³/mol. The van der Waals surface area contributed by atoms with Crippen LogP contribution in [0.2, 0.25) is 5.02 Å². The van der Waals surface area contributed by atoms with E-state index in [9.17, 15) is 4.79 Å². The van der Waals surface area contributed by atoms with Crippen LogP contribution in [0.4, 0.5) is 0 Å². The summed E-state index contributed by atoms with van der Waals surface area (Å²) in [7, 11) is 0. The van der Waals surface area contributed by atoms with E-state index >= 15 is 0 Å². The first-order valence-electron chi connectivity index (χ1n) is 7.93. The Labute approximate surface area is 142 Å². The summed E-state index contributed by atoms with van der Waals surface area (Å²) in [4.78, 5) is 16.5. The average Bonchev–Trinajstić information content (AvgIpc) is 3.05. The Balaban J connectivity index is 1.79. The van der Waals surface area contributed by atoms with Gasteiger partial charge >= 0.3 is 0 Å². The lowest BCUT2D eigenvalue weighted by molar-refractivity contribution is 0.0955. The van der Waals surface area contributed by atoms with E-state index in [0.717, 1.165) is 25.3 Å². The predicted octanol–water partition coefficient (Wildman–Crippen LogP) is 2.34. The number of hydrogen-bond donors (Lipinski definition) is 3. The number of nitrogens with one attached hydrogen (secondary N) is 3. The van der Waals surface area contributed by atoms with E-state index in [-0.39, 0.29) is 5.91 Å². The largest absolute Gasteiger partial charge is 0.357 e. The number of hydrogen-bond acceptors (Lipinski definition) is 2. The molecule has 6 heteroatoms. The summed E-state index contributed by atoms with van der Waals surface area (Å²) >= 11 is 6.00. The molecule has 3 N–H and O–H groups in total. The van der Waals surface area contributed by atoms with E-state index in [1.165, 1.54) is 0 Å². The van der Waals surface area contributed by atoms with Gasteiger partial charge in [0.1, 0.15) is 0 Å². The van der Waals surface area contributed by atoms with Crippen molar-refractivity contribution >= 4 is 23.5 Å². The van der Waals surface area contributed by atoms with Crippen LogP contribution in [0.1, 0.15) is 30.1 Å². The highest BCUT2D eigenvalue weighted by molar-refractivity contribution is 6.33. The Morgan fingerprint density at radius 1 is 1.26 bits per heavy atom. The topological polar surface area (TPSA) is 65.5 Å². The summed E-state index contributed by atoms with van der Waals surface area (Å²) in [5, 5.41) is 9.89. The zero-order valence-corrected chi connectivity index (χ0v) is 14.1. The third-order valence-electron chi connectivity index (χ3n) is 3.48. The second kappa shape index (κ2) is 9.20. The Morgan fingerprint density at radius 3 is 2.70 bits per heavy atom. The van der Waals surface area contributed by atoms with Gasteiger partial charge in [0.05, 0.1) is 17.1 Å². The van der Waals surface area contributed by atoms with Crippen molar-refractivity contribution in [2.45, 2.75) is 25.8 Å². The highest BCUT2D eigenvalue weighted by Gasteiger charge is 2.11. The van der Waals surface area contributed by atoms with Crippen molar-refractivity contribution in [3.63, 3.8) is 0 Å². The second-order valence-electron chi connectivity index (χ2n) is 5.28. The van der Waals surface area contributed by atoms with E-state index in [2.05, 4.69) is 33.1 Å². The van der Waals surface area contributed by atoms with Crippen molar-refractivity contribution < 1.29 is 4.79 Å². The van der Waals surface area contributed by atoms with Gasteiger partial charge in [-0.25, -0.2) is 0 Å². The average molecular weight is 335 g/mol. The molecular formula is C17H23ClN4O. The van der Waals surface area contributed by atoms with Crippen LogP contribution in [-0.2, 0) is 0 Å². The normalized spacial score (nSPS) is 14.8. The molecule has 0 atom stereocenters. The number of rotatable bonds is 6. The molecule has 1 aliphatic rings. The minimum Gasteiger partial charge on any atom is -0.357 e. The Kier molecular flexibility index (Phi) is 6.94. The highest BCUT2D eigenvalue weighted by atomic mass is 35.5. The number of nitrogens with zero attached hydrogens (tertiary/aromatic N) is 1. The summed E-state index contributed by atoms with van der Waals surface area (Å²) in [6, 6.07) is 7.42. The third kappa shape index (κ3) is 5.60. The van der Waals surface area contributed by atoms with Crippen LogP contribution in [0.15, 0.2) is 41.4 Å². The van der Waals surface area contributed by atoms with Crippen LogP contribution in [0.5, 0.6) is 0 Å². The van der Waals surface area contributed by atoms with Crippen molar-refractivity contribution in [3.05, 3.63) is 47.0 Å². The van der Waals surface area contributed by atoms with Gasteiger partial charge in [-0.05, 0) is 31.9 Å². The van der Waals surface area contributed by atoms with Crippen molar-refractivity contribution in [1.82, 2.24) is 16.0 Å². The molecule has 0 radical (unpaired) electrons. The van der Waals surface area contributed by atoms with Gasteiger partial charge in [-0.3, -0.25) is 9.79 Å². The molecule has 1 aromatic rings. The molecule has 0 fully saturated rings. The molecule has 0 aromatic heterocycles. The summed E-state index contributed by atoms with van der Waals surface area (Å²) in [6.07, 6.45) is 6.39. The van der Waals surface area contributed by atoms with Crippen molar-refractivity contribution in [2.24, 2.45) is 4.99 Å². The molecule has 0 heterocycles. The van der Waals surface area contributed by atoms with Gasteiger partial charge in [0, 0.05) is 19.1 Å². The van der Waals surface area contributed by atoms with Gasteiger partial charge in [0.15, 0.2) is 5.96 Å². The smallest absolute Gasteiger partial charge is 0.252 e. The molecule has 0 spiro atoms. The minimum absolute atomic E-state index is 0.177. The monoisotopic (exact) mass is 334 g/mol. The third-order valence-corrected chi connectivity index (χ3v) is 3.81. The van der Waals surface area contributed by atoms with Crippen LogP contribution in [0.25, 0.3) is 0 Å². The van der Waals surface area contributed by atoms with E-state index in [1.54, 1.807) is 24.3 Å². The molecule has 0 saturated carbocycles. The Bertz CT molecular complexity index is 578. The fourth-order valence-electron chi connectivity index (χ4n) is 2.33.